The summed E-state index contributed by atoms with van der Waals surface area (Å²) in [5.74, 6) is 1.45. The maximum Gasteiger partial charge on any atom is 0.263 e. The molecule has 3 aromatic rings. The van der Waals surface area contributed by atoms with Gasteiger partial charge in [-0.15, -0.1) is 0 Å². The van der Waals surface area contributed by atoms with E-state index in [0.717, 1.165) is 29.8 Å². The van der Waals surface area contributed by atoms with Crippen LogP contribution in [-0.4, -0.2) is 51.6 Å². The number of pyridine rings is 1. The van der Waals surface area contributed by atoms with Gasteiger partial charge in [-0.3, -0.25) is 4.79 Å². The van der Waals surface area contributed by atoms with E-state index in [-0.39, 0.29) is 11.9 Å². The number of hydrogen-bond acceptors (Lipinski definition) is 5. The molecule has 0 bridgehead atoms. The van der Waals surface area contributed by atoms with Gasteiger partial charge in [-0.2, -0.15) is 0 Å². The summed E-state index contributed by atoms with van der Waals surface area (Å²) >= 11 is 6.00. The molecule has 0 spiro atoms. The molecule has 0 unspecified atom stereocenters. The number of fused-ring (bicyclic) bond motifs is 1. The van der Waals surface area contributed by atoms with Crippen LogP contribution < -0.4 is 4.74 Å². The number of nitrogens with zero attached hydrogens (tertiary/aromatic N) is 4. The van der Waals surface area contributed by atoms with Gasteiger partial charge >= 0.3 is 0 Å². The fraction of sp³-hybridized carbons (Fsp3) is 0.409. The highest BCUT2D eigenvalue weighted by molar-refractivity contribution is 6.30. The van der Waals surface area contributed by atoms with Crippen molar-refractivity contribution in [3.63, 3.8) is 0 Å². The predicted octanol–water partition coefficient (Wildman–Crippen LogP) is 3.86. The third-order valence-electron chi connectivity index (χ3n) is 5.39. The predicted molar refractivity (Wildman–Crippen MR) is 115 cm³/mol. The maximum atomic E-state index is 12.9. The Balaban J connectivity index is 1.43. The smallest absolute Gasteiger partial charge is 0.263 e. The van der Waals surface area contributed by atoms with E-state index >= 15 is 0 Å². The summed E-state index contributed by atoms with van der Waals surface area (Å²) in [5, 5.41) is 0.584. The fourth-order valence-corrected chi connectivity index (χ4v) is 4.17. The van der Waals surface area contributed by atoms with E-state index in [1.54, 1.807) is 44.5 Å². The van der Waals surface area contributed by atoms with E-state index in [2.05, 4.69) is 14.5 Å². The molecule has 1 aromatic carbocycles. The standard InChI is InChI=1S/C22H25ClN4O3/c1-15(30-18-6-3-5-16(23)13-18)22(28)26-11-8-17(9-12-26)27-20(14-29-2)25-19-7-4-10-24-21(19)27/h3-7,10,13,15,17H,8-9,11-12,14H2,1-2H3/t15-/m1/s1. The van der Waals surface area contributed by atoms with Gasteiger partial charge in [0, 0.05) is 37.5 Å². The van der Waals surface area contributed by atoms with Gasteiger partial charge in [0.15, 0.2) is 11.8 Å². The molecule has 0 radical (unpaired) electrons. The van der Waals surface area contributed by atoms with Crippen LogP contribution in [0.5, 0.6) is 5.75 Å². The summed E-state index contributed by atoms with van der Waals surface area (Å²) < 4.78 is 13.3. The van der Waals surface area contributed by atoms with Gasteiger partial charge in [-0.25, -0.2) is 9.97 Å². The first-order valence-electron chi connectivity index (χ1n) is 10.1. The number of carbonyl (C=O) groups is 1. The van der Waals surface area contributed by atoms with Crippen LogP contribution in [0.15, 0.2) is 42.6 Å². The second-order valence-electron chi connectivity index (χ2n) is 7.45. The third kappa shape index (κ3) is 4.27. The SMILES string of the molecule is COCc1nc2cccnc2n1C1CCN(C(=O)[C@@H](C)Oc2cccc(Cl)c2)CC1. The molecule has 7 nitrogen and oxygen atoms in total. The Labute approximate surface area is 180 Å². The minimum absolute atomic E-state index is 0.0147. The van der Waals surface area contributed by atoms with Gasteiger partial charge < -0.3 is 18.9 Å². The summed E-state index contributed by atoms with van der Waals surface area (Å²) in [6, 6.07) is 11.2. The normalized spacial score (nSPS) is 16.0. The fourth-order valence-electron chi connectivity index (χ4n) is 3.99. The monoisotopic (exact) mass is 428 g/mol. The average Bonchev–Trinajstić information content (AvgIpc) is 3.11. The minimum Gasteiger partial charge on any atom is -0.481 e. The number of piperidine rings is 1. The Bertz CT molecular complexity index is 1030. The van der Waals surface area contributed by atoms with Gasteiger partial charge in [0.25, 0.3) is 5.91 Å². The number of benzene rings is 1. The molecule has 1 fully saturated rings. The molecule has 158 valence electrons. The van der Waals surface area contributed by atoms with Crippen molar-refractivity contribution >= 4 is 28.7 Å². The molecule has 0 saturated carbocycles. The summed E-state index contributed by atoms with van der Waals surface area (Å²) in [6.45, 7) is 3.52. The first kappa shape index (κ1) is 20.6. The van der Waals surface area contributed by atoms with Crippen LogP contribution in [0.2, 0.25) is 5.02 Å². The first-order valence-corrected chi connectivity index (χ1v) is 10.5. The van der Waals surface area contributed by atoms with Crippen molar-refractivity contribution in [1.29, 1.82) is 0 Å². The van der Waals surface area contributed by atoms with Crippen LogP contribution in [0.4, 0.5) is 0 Å². The topological polar surface area (TPSA) is 69.5 Å². The Morgan fingerprint density at radius 3 is 2.80 bits per heavy atom. The second-order valence-corrected chi connectivity index (χ2v) is 7.89. The van der Waals surface area contributed by atoms with E-state index in [1.165, 1.54) is 0 Å². The lowest BCUT2D eigenvalue weighted by Crippen LogP contribution is -2.45. The highest BCUT2D eigenvalue weighted by Gasteiger charge is 2.29. The molecule has 1 amide bonds. The number of aromatic nitrogens is 3. The summed E-state index contributed by atoms with van der Waals surface area (Å²) in [4.78, 5) is 24.0. The van der Waals surface area contributed by atoms with Crippen molar-refractivity contribution in [1.82, 2.24) is 19.4 Å². The van der Waals surface area contributed by atoms with Gasteiger partial charge in [-0.05, 0) is 50.1 Å². The van der Waals surface area contributed by atoms with Gasteiger partial charge in [-0.1, -0.05) is 17.7 Å². The maximum absolute atomic E-state index is 12.9. The molecule has 4 rings (SSSR count). The number of carbonyl (C=O) groups excluding carboxylic acids is 1. The molecule has 1 atom stereocenters. The third-order valence-corrected chi connectivity index (χ3v) is 5.63. The lowest BCUT2D eigenvalue weighted by atomic mass is 10.0. The molecular formula is C22H25ClN4O3. The van der Waals surface area contributed by atoms with E-state index in [9.17, 15) is 4.79 Å². The van der Waals surface area contributed by atoms with Gasteiger partial charge in [0.2, 0.25) is 0 Å². The number of amides is 1. The highest BCUT2D eigenvalue weighted by atomic mass is 35.5. The molecule has 1 aliphatic rings. The summed E-state index contributed by atoms with van der Waals surface area (Å²) in [6.07, 6.45) is 2.87. The van der Waals surface area contributed by atoms with Crippen LogP contribution in [-0.2, 0) is 16.1 Å². The van der Waals surface area contributed by atoms with Crippen molar-refractivity contribution in [2.24, 2.45) is 0 Å². The largest absolute Gasteiger partial charge is 0.481 e. The van der Waals surface area contributed by atoms with Crippen molar-refractivity contribution in [2.45, 2.75) is 38.5 Å². The molecular weight excluding hydrogens is 404 g/mol. The van der Waals surface area contributed by atoms with Crippen LogP contribution in [0, 0.1) is 0 Å². The first-order chi connectivity index (χ1) is 14.6. The number of halogens is 1. The van der Waals surface area contributed by atoms with Crippen LogP contribution >= 0.6 is 11.6 Å². The number of hydrogen-bond donors (Lipinski definition) is 0. The number of ether oxygens (including phenoxy) is 2. The Morgan fingerprint density at radius 1 is 1.27 bits per heavy atom. The van der Waals surface area contributed by atoms with Crippen LogP contribution in [0.3, 0.4) is 0 Å². The molecule has 2 aromatic heterocycles. The van der Waals surface area contributed by atoms with Gasteiger partial charge in [0.05, 0.1) is 0 Å². The Hall–Kier alpha value is -2.64. The molecule has 3 heterocycles. The van der Waals surface area contributed by atoms with Crippen LogP contribution in [0.1, 0.15) is 31.6 Å². The number of methoxy groups -OCH3 is 1. The lowest BCUT2D eigenvalue weighted by molar-refractivity contribution is -0.139. The molecule has 1 aliphatic heterocycles. The zero-order valence-electron chi connectivity index (χ0n) is 17.1. The number of rotatable bonds is 6. The quantitative estimate of drug-likeness (QED) is 0.596. The zero-order chi connectivity index (χ0) is 21.1. The lowest BCUT2D eigenvalue weighted by Gasteiger charge is -2.34. The van der Waals surface area contributed by atoms with E-state index in [1.807, 2.05) is 17.0 Å². The summed E-state index contributed by atoms with van der Waals surface area (Å²) in [5.41, 5.74) is 1.73. The van der Waals surface area contributed by atoms with Crippen LogP contribution in [0.25, 0.3) is 11.2 Å². The van der Waals surface area contributed by atoms with Crippen molar-refractivity contribution in [3.8, 4) is 5.75 Å². The Kier molecular flexibility index (Phi) is 6.20. The van der Waals surface area contributed by atoms with Gasteiger partial charge in [0.1, 0.15) is 23.7 Å². The van der Waals surface area contributed by atoms with Crippen molar-refractivity contribution in [3.05, 3.63) is 53.4 Å². The highest BCUT2D eigenvalue weighted by Crippen LogP contribution is 2.29. The molecule has 30 heavy (non-hydrogen) atoms. The molecule has 8 heteroatoms. The van der Waals surface area contributed by atoms with Crippen molar-refractivity contribution in [2.75, 3.05) is 20.2 Å². The minimum atomic E-state index is -0.570. The second kappa shape index (κ2) is 9.02. The summed E-state index contributed by atoms with van der Waals surface area (Å²) in [7, 11) is 1.67. The number of likely N-dealkylation sites (tertiary alicyclic amines) is 1. The van der Waals surface area contributed by atoms with E-state index < -0.39 is 6.10 Å². The zero-order valence-corrected chi connectivity index (χ0v) is 17.9. The number of imidazole rings is 1. The van der Waals surface area contributed by atoms with E-state index in [4.69, 9.17) is 21.1 Å². The average molecular weight is 429 g/mol. The van der Waals surface area contributed by atoms with E-state index in [0.29, 0.717) is 30.5 Å². The molecule has 0 aliphatic carbocycles. The molecule has 0 N–H and O–H groups in total. The molecule has 1 saturated heterocycles. The Morgan fingerprint density at radius 2 is 2.07 bits per heavy atom. The van der Waals surface area contributed by atoms with Crippen molar-refractivity contribution < 1.29 is 14.3 Å².